The second-order valence-corrected chi connectivity index (χ2v) is 9.12. The van der Waals surface area contributed by atoms with Gasteiger partial charge in [-0.3, -0.25) is 4.79 Å². The summed E-state index contributed by atoms with van der Waals surface area (Å²) >= 11 is 6.03. The van der Waals surface area contributed by atoms with Crippen LogP contribution in [0.15, 0.2) is 48.7 Å². The molecule has 1 amide bonds. The Morgan fingerprint density at radius 1 is 1.21 bits per heavy atom. The first-order valence-electron chi connectivity index (χ1n) is 11.4. The Morgan fingerprint density at radius 2 is 1.97 bits per heavy atom. The average Bonchev–Trinajstić information content (AvgIpc) is 2.84. The van der Waals surface area contributed by atoms with Gasteiger partial charge in [0.25, 0.3) is 5.91 Å². The number of amides is 1. The third-order valence-corrected chi connectivity index (χ3v) is 6.66. The van der Waals surface area contributed by atoms with Gasteiger partial charge in [0.2, 0.25) is 0 Å². The number of anilines is 1. The van der Waals surface area contributed by atoms with Gasteiger partial charge in [-0.2, -0.15) is 0 Å². The quantitative estimate of drug-likeness (QED) is 0.471. The fourth-order valence-electron chi connectivity index (χ4n) is 4.40. The molecule has 1 fully saturated rings. The highest BCUT2D eigenvalue weighted by molar-refractivity contribution is 6.30. The monoisotopic (exact) mass is 482 g/mol. The summed E-state index contributed by atoms with van der Waals surface area (Å²) in [6.07, 6.45) is 5.82. The van der Waals surface area contributed by atoms with Crippen molar-refractivity contribution in [3.05, 3.63) is 76.3 Å². The van der Waals surface area contributed by atoms with Crippen LogP contribution < -0.4 is 11.1 Å². The molecule has 4 rings (SSSR count). The molecule has 0 spiro atoms. The molecule has 0 unspecified atom stereocenters. The number of benzene rings is 2. The van der Waals surface area contributed by atoms with Crippen molar-refractivity contribution in [3.8, 4) is 11.3 Å². The van der Waals surface area contributed by atoms with E-state index in [4.69, 9.17) is 27.1 Å². The summed E-state index contributed by atoms with van der Waals surface area (Å²) in [7, 11) is 1.74. The van der Waals surface area contributed by atoms with Crippen LogP contribution in [0, 0.1) is 5.82 Å². The zero-order valence-electron chi connectivity index (χ0n) is 19.2. The van der Waals surface area contributed by atoms with Crippen molar-refractivity contribution < 1.29 is 13.9 Å². The van der Waals surface area contributed by atoms with Crippen LogP contribution in [0.2, 0.25) is 5.02 Å². The summed E-state index contributed by atoms with van der Waals surface area (Å²) in [6, 6.07) is 11.2. The first kappa shape index (κ1) is 24.1. The molecule has 34 heavy (non-hydrogen) atoms. The van der Waals surface area contributed by atoms with Crippen molar-refractivity contribution in [3.63, 3.8) is 0 Å². The molecule has 3 aromatic rings. The Hall–Kier alpha value is -3.03. The van der Waals surface area contributed by atoms with Crippen molar-refractivity contribution in [2.75, 3.05) is 12.8 Å². The summed E-state index contributed by atoms with van der Waals surface area (Å²) in [5.41, 5.74) is 8.60. The molecule has 6 nitrogen and oxygen atoms in total. The maximum atomic E-state index is 15.0. The predicted molar refractivity (Wildman–Crippen MR) is 131 cm³/mol. The maximum Gasteiger partial charge on any atom is 0.254 e. The number of rotatable bonds is 6. The number of methoxy groups -OCH3 is 1. The number of nitrogens with two attached hydrogens (primary N) is 1. The van der Waals surface area contributed by atoms with Gasteiger partial charge in [0.15, 0.2) is 0 Å². The average molecular weight is 483 g/mol. The van der Waals surface area contributed by atoms with Gasteiger partial charge in [0.1, 0.15) is 17.3 Å². The lowest BCUT2D eigenvalue weighted by Crippen LogP contribution is -2.27. The van der Waals surface area contributed by atoms with E-state index in [-0.39, 0.29) is 29.4 Å². The van der Waals surface area contributed by atoms with Crippen LogP contribution in [-0.2, 0) is 4.74 Å². The number of nitrogens with zero attached hydrogens (tertiary/aromatic N) is 2. The first-order valence-corrected chi connectivity index (χ1v) is 11.7. The smallest absolute Gasteiger partial charge is 0.254 e. The van der Waals surface area contributed by atoms with Crippen molar-refractivity contribution in [2.45, 2.75) is 50.7 Å². The second kappa shape index (κ2) is 10.5. The molecular weight excluding hydrogens is 455 g/mol. The van der Waals surface area contributed by atoms with Gasteiger partial charge in [-0.25, -0.2) is 14.4 Å². The minimum absolute atomic E-state index is 0.0572. The number of hydrogen-bond donors (Lipinski definition) is 2. The van der Waals surface area contributed by atoms with Crippen molar-refractivity contribution in [1.29, 1.82) is 0 Å². The van der Waals surface area contributed by atoms with Crippen molar-refractivity contribution >= 4 is 23.3 Å². The number of halogens is 2. The Labute approximate surface area is 203 Å². The van der Waals surface area contributed by atoms with E-state index in [1.807, 2.05) is 13.0 Å². The molecule has 1 aromatic heterocycles. The molecule has 3 N–H and O–H groups in total. The molecule has 0 saturated heterocycles. The molecule has 178 valence electrons. The normalized spacial score (nSPS) is 18.9. The van der Waals surface area contributed by atoms with Gasteiger partial charge in [-0.15, -0.1) is 0 Å². The molecule has 0 radical (unpaired) electrons. The Morgan fingerprint density at radius 3 is 2.65 bits per heavy atom. The largest absolute Gasteiger partial charge is 0.382 e. The second-order valence-electron chi connectivity index (χ2n) is 8.68. The minimum Gasteiger partial charge on any atom is -0.382 e. The number of hydrogen-bond acceptors (Lipinski definition) is 5. The van der Waals surface area contributed by atoms with E-state index in [9.17, 15) is 9.18 Å². The number of ether oxygens (including phenoxy) is 1. The van der Waals surface area contributed by atoms with Crippen LogP contribution in [0.1, 0.15) is 66.2 Å². The van der Waals surface area contributed by atoms with Gasteiger partial charge in [-0.1, -0.05) is 29.8 Å². The Balaban J connectivity index is 1.52. The number of nitrogen functional groups attached to an aromatic ring is 1. The summed E-state index contributed by atoms with van der Waals surface area (Å²) in [5, 5.41) is 3.38. The van der Waals surface area contributed by atoms with E-state index < -0.39 is 11.7 Å². The van der Waals surface area contributed by atoms with E-state index in [0.717, 1.165) is 36.9 Å². The number of carbonyl (C=O) groups is 1. The van der Waals surface area contributed by atoms with E-state index in [2.05, 4.69) is 10.3 Å². The van der Waals surface area contributed by atoms with Crippen LogP contribution >= 0.6 is 11.6 Å². The third kappa shape index (κ3) is 5.37. The minimum atomic E-state index is -0.652. The standard InChI is InChI=1S/C26H28ClFN4O2/c1-15(17-4-3-5-19(27)12-17)31-26(33)21-11-8-18(13-22(21)28)24-25(29)30-14-23(32-24)16-6-9-20(34-2)10-7-16/h3-5,8,11-16,20H,6-7,9-10H2,1-2H3,(H2,29,30)(H,31,33)/t15-,16?,20?/m1/s1. The Bertz CT molecular complexity index is 1180. The molecule has 0 bridgehead atoms. The topological polar surface area (TPSA) is 90.1 Å². The SMILES string of the molecule is COC1CCC(c2cnc(N)c(-c3ccc(C(=O)N[C@H](C)c4cccc(Cl)c4)c(F)c3)n2)CC1. The maximum absolute atomic E-state index is 15.0. The summed E-state index contributed by atoms with van der Waals surface area (Å²) in [6.45, 7) is 1.82. The van der Waals surface area contributed by atoms with E-state index in [0.29, 0.717) is 16.3 Å². The summed E-state index contributed by atoms with van der Waals surface area (Å²) in [4.78, 5) is 21.7. The Kier molecular flexibility index (Phi) is 7.44. The molecule has 1 saturated carbocycles. The van der Waals surface area contributed by atoms with Crippen LogP contribution in [-0.4, -0.2) is 29.1 Å². The molecule has 0 aliphatic heterocycles. The fourth-order valence-corrected chi connectivity index (χ4v) is 4.59. The lowest BCUT2D eigenvalue weighted by molar-refractivity contribution is 0.0655. The van der Waals surface area contributed by atoms with E-state index in [1.165, 1.54) is 12.1 Å². The van der Waals surface area contributed by atoms with Crippen LogP contribution in [0.3, 0.4) is 0 Å². The summed E-state index contributed by atoms with van der Waals surface area (Å²) < 4.78 is 20.4. The molecule has 8 heteroatoms. The van der Waals surface area contributed by atoms with Gasteiger partial charge < -0.3 is 15.8 Å². The highest BCUT2D eigenvalue weighted by atomic mass is 35.5. The molecule has 1 aliphatic carbocycles. The van der Waals surface area contributed by atoms with Crippen molar-refractivity contribution in [1.82, 2.24) is 15.3 Å². The van der Waals surface area contributed by atoms with E-state index >= 15 is 0 Å². The van der Waals surface area contributed by atoms with Gasteiger partial charge >= 0.3 is 0 Å². The number of carbonyl (C=O) groups excluding carboxylic acids is 1. The molecular formula is C26H28ClFN4O2. The molecule has 1 heterocycles. The summed E-state index contributed by atoms with van der Waals surface area (Å²) in [5.74, 6) is -0.679. The van der Waals surface area contributed by atoms with E-state index in [1.54, 1.807) is 37.6 Å². The van der Waals surface area contributed by atoms with Crippen LogP contribution in [0.25, 0.3) is 11.3 Å². The van der Waals surface area contributed by atoms with Crippen molar-refractivity contribution in [2.24, 2.45) is 0 Å². The van der Waals surface area contributed by atoms with Crippen LogP contribution in [0.5, 0.6) is 0 Å². The first-order chi connectivity index (χ1) is 16.4. The molecule has 2 aromatic carbocycles. The molecule has 1 atom stereocenters. The fraction of sp³-hybridized carbons (Fsp3) is 0.346. The third-order valence-electron chi connectivity index (χ3n) is 6.43. The molecule has 1 aliphatic rings. The zero-order chi connectivity index (χ0) is 24.2. The lowest BCUT2D eigenvalue weighted by Gasteiger charge is -2.27. The lowest BCUT2D eigenvalue weighted by atomic mass is 9.85. The highest BCUT2D eigenvalue weighted by Crippen LogP contribution is 2.34. The number of nitrogens with one attached hydrogen (secondary N) is 1. The zero-order valence-corrected chi connectivity index (χ0v) is 20.0. The van der Waals surface area contributed by atoms with Crippen LogP contribution in [0.4, 0.5) is 10.2 Å². The highest BCUT2D eigenvalue weighted by Gasteiger charge is 2.24. The number of aromatic nitrogens is 2. The van der Waals surface area contributed by atoms with Gasteiger partial charge in [0.05, 0.1) is 29.6 Å². The predicted octanol–water partition coefficient (Wildman–Crippen LogP) is 5.68. The van der Waals surface area contributed by atoms with Gasteiger partial charge in [-0.05, 0) is 62.4 Å². The van der Waals surface area contributed by atoms with Gasteiger partial charge in [0, 0.05) is 23.6 Å².